The molecule has 1 aliphatic carbocycles. The van der Waals surface area contributed by atoms with Crippen molar-refractivity contribution in [3.05, 3.63) is 35.9 Å². The molecule has 1 saturated heterocycles. The summed E-state index contributed by atoms with van der Waals surface area (Å²) < 4.78 is 0. The summed E-state index contributed by atoms with van der Waals surface area (Å²) in [5, 5.41) is 2.86. The summed E-state index contributed by atoms with van der Waals surface area (Å²) in [7, 11) is 0. The molecule has 0 spiro atoms. The standard InChI is InChI=1S/C17H22N2O2/c20-15-10-12-19(11-4-5-13-8-9-13)17(21)16(18-15)14-6-2-1-3-7-14/h1-3,6-7,13,16H,4-5,8-12H2,(H,18,20). The topological polar surface area (TPSA) is 49.4 Å². The Morgan fingerprint density at radius 2 is 1.90 bits per heavy atom. The molecule has 1 saturated carbocycles. The lowest BCUT2D eigenvalue weighted by Crippen LogP contribution is -2.38. The van der Waals surface area contributed by atoms with E-state index in [-0.39, 0.29) is 11.8 Å². The van der Waals surface area contributed by atoms with Gasteiger partial charge in [0, 0.05) is 19.5 Å². The van der Waals surface area contributed by atoms with Gasteiger partial charge in [0.15, 0.2) is 0 Å². The van der Waals surface area contributed by atoms with Gasteiger partial charge in [-0.1, -0.05) is 43.2 Å². The number of benzene rings is 1. The Morgan fingerprint density at radius 1 is 1.14 bits per heavy atom. The molecule has 4 heteroatoms. The largest absolute Gasteiger partial charge is 0.340 e. The zero-order valence-electron chi connectivity index (χ0n) is 12.3. The van der Waals surface area contributed by atoms with Crippen molar-refractivity contribution in [2.24, 2.45) is 5.92 Å². The van der Waals surface area contributed by atoms with Crippen LogP contribution in [0.5, 0.6) is 0 Å². The van der Waals surface area contributed by atoms with Crippen LogP contribution < -0.4 is 5.32 Å². The van der Waals surface area contributed by atoms with Crippen LogP contribution in [0.25, 0.3) is 0 Å². The van der Waals surface area contributed by atoms with Gasteiger partial charge >= 0.3 is 0 Å². The van der Waals surface area contributed by atoms with Crippen molar-refractivity contribution in [3.8, 4) is 0 Å². The second-order valence-corrected chi connectivity index (χ2v) is 6.07. The lowest BCUT2D eigenvalue weighted by atomic mass is 10.1. The molecule has 1 aromatic carbocycles. The average molecular weight is 286 g/mol. The van der Waals surface area contributed by atoms with Crippen LogP contribution in [0.2, 0.25) is 0 Å². The first kappa shape index (κ1) is 14.1. The van der Waals surface area contributed by atoms with Gasteiger partial charge in [-0.15, -0.1) is 0 Å². The van der Waals surface area contributed by atoms with Crippen LogP contribution >= 0.6 is 0 Å². The van der Waals surface area contributed by atoms with Gasteiger partial charge in [0.25, 0.3) is 0 Å². The monoisotopic (exact) mass is 286 g/mol. The summed E-state index contributed by atoms with van der Waals surface area (Å²) in [6, 6.07) is 8.99. The van der Waals surface area contributed by atoms with Crippen molar-refractivity contribution in [2.75, 3.05) is 13.1 Å². The van der Waals surface area contributed by atoms with Crippen LogP contribution in [0, 0.1) is 5.92 Å². The Morgan fingerprint density at radius 3 is 2.62 bits per heavy atom. The summed E-state index contributed by atoms with van der Waals surface area (Å²) in [6.45, 7) is 1.31. The molecule has 1 atom stereocenters. The molecule has 4 nitrogen and oxygen atoms in total. The van der Waals surface area contributed by atoms with Crippen LogP contribution in [0.15, 0.2) is 30.3 Å². The maximum Gasteiger partial charge on any atom is 0.249 e. The summed E-state index contributed by atoms with van der Waals surface area (Å²) >= 11 is 0. The zero-order chi connectivity index (χ0) is 14.7. The highest BCUT2D eigenvalue weighted by Crippen LogP contribution is 2.33. The maximum absolute atomic E-state index is 12.7. The predicted octanol–water partition coefficient (Wildman–Crippen LogP) is 2.27. The fourth-order valence-electron chi connectivity index (χ4n) is 2.89. The number of hydrogen-bond acceptors (Lipinski definition) is 2. The molecule has 2 aliphatic rings. The lowest BCUT2D eigenvalue weighted by molar-refractivity contribution is -0.133. The molecule has 0 aromatic heterocycles. The van der Waals surface area contributed by atoms with Crippen molar-refractivity contribution in [1.29, 1.82) is 0 Å². The molecule has 1 unspecified atom stereocenters. The van der Waals surface area contributed by atoms with Crippen LogP contribution in [0.1, 0.15) is 43.7 Å². The van der Waals surface area contributed by atoms with E-state index in [1.165, 1.54) is 19.3 Å². The van der Waals surface area contributed by atoms with Gasteiger partial charge in [0.2, 0.25) is 11.8 Å². The molecule has 3 rings (SSSR count). The van der Waals surface area contributed by atoms with E-state index in [0.717, 1.165) is 24.4 Å². The van der Waals surface area contributed by atoms with Crippen molar-refractivity contribution in [1.82, 2.24) is 10.2 Å². The summed E-state index contributed by atoms with van der Waals surface area (Å²) in [5.41, 5.74) is 0.866. The van der Waals surface area contributed by atoms with Crippen LogP contribution in [0.4, 0.5) is 0 Å². The zero-order valence-corrected chi connectivity index (χ0v) is 12.3. The minimum Gasteiger partial charge on any atom is -0.340 e. The lowest BCUT2D eigenvalue weighted by Gasteiger charge is -2.24. The molecule has 112 valence electrons. The van der Waals surface area contributed by atoms with E-state index in [9.17, 15) is 9.59 Å². The van der Waals surface area contributed by atoms with Crippen molar-refractivity contribution in [3.63, 3.8) is 0 Å². The van der Waals surface area contributed by atoms with Gasteiger partial charge in [0.1, 0.15) is 6.04 Å². The third-order valence-corrected chi connectivity index (χ3v) is 4.34. The number of rotatable bonds is 5. The van der Waals surface area contributed by atoms with E-state index in [0.29, 0.717) is 13.0 Å². The van der Waals surface area contributed by atoms with E-state index in [1.807, 2.05) is 35.2 Å². The average Bonchev–Trinajstić information content (AvgIpc) is 3.33. The second kappa shape index (κ2) is 6.29. The second-order valence-electron chi connectivity index (χ2n) is 6.07. The molecule has 1 aliphatic heterocycles. The fraction of sp³-hybridized carbons (Fsp3) is 0.529. The van der Waals surface area contributed by atoms with E-state index >= 15 is 0 Å². The number of carbonyl (C=O) groups excluding carboxylic acids is 2. The van der Waals surface area contributed by atoms with Crippen LogP contribution in [0.3, 0.4) is 0 Å². The quantitative estimate of drug-likeness (QED) is 0.902. The van der Waals surface area contributed by atoms with Crippen molar-refractivity contribution in [2.45, 2.75) is 38.1 Å². The molecule has 1 N–H and O–H groups in total. The Labute approximate surface area is 125 Å². The van der Waals surface area contributed by atoms with Gasteiger partial charge in [-0.25, -0.2) is 0 Å². The normalized spacial score (nSPS) is 22.9. The molecule has 1 aromatic rings. The number of nitrogens with one attached hydrogen (secondary N) is 1. The Balaban J connectivity index is 1.68. The van der Waals surface area contributed by atoms with Crippen molar-refractivity contribution >= 4 is 11.8 Å². The van der Waals surface area contributed by atoms with Gasteiger partial charge in [-0.05, 0) is 24.3 Å². The Kier molecular flexibility index (Phi) is 4.23. The molecule has 2 fully saturated rings. The number of carbonyl (C=O) groups is 2. The van der Waals surface area contributed by atoms with E-state index < -0.39 is 6.04 Å². The summed E-state index contributed by atoms with van der Waals surface area (Å²) in [4.78, 5) is 26.4. The molecule has 21 heavy (non-hydrogen) atoms. The number of amides is 2. The van der Waals surface area contributed by atoms with Gasteiger partial charge < -0.3 is 10.2 Å². The van der Waals surface area contributed by atoms with Gasteiger partial charge in [-0.3, -0.25) is 9.59 Å². The SMILES string of the molecule is O=C1CCN(CCCC2CC2)C(=O)C(c2ccccc2)N1. The Bertz CT molecular complexity index is 511. The first-order valence-electron chi connectivity index (χ1n) is 7.87. The first-order valence-corrected chi connectivity index (χ1v) is 7.87. The summed E-state index contributed by atoms with van der Waals surface area (Å²) in [5.74, 6) is 0.876. The molecular weight excluding hydrogens is 264 g/mol. The fourth-order valence-corrected chi connectivity index (χ4v) is 2.89. The third kappa shape index (κ3) is 3.63. The minimum atomic E-state index is -0.526. The highest BCUT2D eigenvalue weighted by molar-refractivity contribution is 5.90. The smallest absolute Gasteiger partial charge is 0.249 e. The summed E-state index contributed by atoms with van der Waals surface area (Å²) in [6.07, 6.45) is 5.35. The number of hydrogen-bond donors (Lipinski definition) is 1. The molecule has 2 amide bonds. The Hall–Kier alpha value is -1.84. The molecule has 1 heterocycles. The molecule has 0 radical (unpaired) electrons. The first-order chi connectivity index (χ1) is 10.2. The van der Waals surface area contributed by atoms with Gasteiger partial charge in [0.05, 0.1) is 0 Å². The van der Waals surface area contributed by atoms with Gasteiger partial charge in [-0.2, -0.15) is 0 Å². The number of nitrogens with zero attached hydrogens (tertiary/aromatic N) is 1. The van der Waals surface area contributed by atoms with E-state index in [1.54, 1.807) is 0 Å². The minimum absolute atomic E-state index is 0.0304. The maximum atomic E-state index is 12.7. The van der Waals surface area contributed by atoms with E-state index in [2.05, 4.69) is 5.32 Å². The predicted molar refractivity (Wildman–Crippen MR) is 80.5 cm³/mol. The molecular formula is C17H22N2O2. The molecule has 0 bridgehead atoms. The van der Waals surface area contributed by atoms with Crippen molar-refractivity contribution < 1.29 is 9.59 Å². The van der Waals surface area contributed by atoms with Crippen LogP contribution in [-0.4, -0.2) is 29.8 Å². The highest BCUT2D eigenvalue weighted by Gasteiger charge is 2.31. The third-order valence-electron chi connectivity index (χ3n) is 4.34. The van der Waals surface area contributed by atoms with Crippen LogP contribution in [-0.2, 0) is 9.59 Å². The highest BCUT2D eigenvalue weighted by atomic mass is 16.2. The van der Waals surface area contributed by atoms with E-state index in [4.69, 9.17) is 0 Å².